The Balaban J connectivity index is 1.76. The van der Waals surface area contributed by atoms with E-state index in [1.807, 2.05) is 22.6 Å². The van der Waals surface area contributed by atoms with E-state index in [1.54, 1.807) is 6.07 Å². The molecule has 4 rings (SSSR count). The first-order valence-corrected chi connectivity index (χ1v) is 12.0. The highest BCUT2D eigenvalue weighted by Gasteiger charge is 2.55. The third-order valence-electron chi connectivity index (χ3n) is 5.49. The Labute approximate surface area is 190 Å². The molecule has 7 nitrogen and oxygen atoms in total. The minimum atomic E-state index is -4.05. The molecule has 1 heterocycles. The van der Waals surface area contributed by atoms with Crippen molar-refractivity contribution in [2.24, 2.45) is 0 Å². The number of fused-ring (bicyclic) bond motifs is 1. The van der Waals surface area contributed by atoms with E-state index in [-0.39, 0.29) is 40.8 Å². The lowest BCUT2D eigenvalue weighted by Gasteiger charge is -2.21. The molecule has 1 aliphatic carbocycles. The van der Waals surface area contributed by atoms with Crippen LogP contribution in [0.5, 0.6) is 0 Å². The summed E-state index contributed by atoms with van der Waals surface area (Å²) in [5.74, 6) is -1.34. The third kappa shape index (κ3) is 4.28. The van der Waals surface area contributed by atoms with Crippen LogP contribution in [-0.4, -0.2) is 41.1 Å². The molecule has 0 amide bonds. The summed E-state index contributed by atoms with van der Waals surface area (Å²) in [6, 6.07) is 5.82. The van der Waals surface area contributed by atoms with Crippen molar-refractivity contribution in [2.45, 2.75) is 36.5 Å². The van der Waals surface area contributed by atoms with Crippen molar-refractivity contribution in [3.05, 3.63) is 57.0 Å². The summed E-state index contributed by atoms with van der Waals surface area (Å²) in [6.45, 7) is -0.562. The summed E-state index contributed by atoms with van der Waals surface area (Å²) in [6.07, 6.45) is 0.101. The highest BCUT2D eigenvalue weighted by atomic mass is 127. The van der Waals surface area contributed by atoms with Gasteiger partial charge in [-0.25, -0.2) is 22.2 Å². The molecule has 0 saturated heterocycles. The number of sulfonamides is 1. The van der Waals surface area contributed by atoms with E-state index in [1.165, 1.54) is 18.2 Å². The second-order valence-electron chi connectivity index (χ2n) is 7.66. The molecule has 3 aromatic rings. The first kappa shape index (κ1) is 22.4. The number of anilines is 1. The van der Waals surface area contributed by atoms with Crippen molar-refractivity contribution in [3.8, 4) is 0 Å². The molecular formula is C20H19F2IN2O5S. The van der Waals surface area contributed by atoms with E-state index in [0.717, 1.165) is 6.39 Å². The van der Waals surface area contributed by atoms with E-state index in [4.69, 9.17) is 9.52 Å². The van der Waals surface area contributed by atoms with Crippen molar-refractivity contribution >= 4 is 49.4 Å². The molecular weight excluding hydrogens is 545 g/mol. The van der Waals surface area contributed by atoms with Gasteiger partial charge in [-0.2, -0.15) is 0 Å². The summed E-state index contributed by atoms with van der Waals surface area (Å²) in [7, 11) is -4.05. The van der Waals surface area contributed by atoms with Gasteiger partial charge in [0.1, 0.15) is 11.3 Å². The van der Waals surface area contributed by atoms with Crippen LogP contribution in [0.3, 0.4) is 0 Å². The molecule has 166 valence electrons. The predicted molar refractivity (Wildman–Crippen MR) is 118 cm³/mol. The number of benzene rings is 2. The normalized spacial score (nSPS) is 16.4. The molecule has 0 bridgehead atoms. The van der Waals surface area contributed by atoms with Crippen molar-refractivity contribution in [3.63, 3.8) is 0 Å². The zero-order chi connectivity index (χ0) is 22.4. The zero-order valence-electron chi connectivity index (χ0n) is 16.1. The van der Waals surface area contributed by atoms with Crippen LogP contribution >= 0.6 is 22.6 Å². The van der Waals surface area contributed by atoms with Crippen LogP contribution in [0.4, 0.5) is 14.5 Å². The second kappa shape index (κ2) is 8.26. The Morgan fingerprint density at radius 1 is 1.29 bits per heavy atom. The monoisotopic (exact) mass is 564 g/mol. The van der Waals surface area contributed by atoms with Gasteiger partial charge in [0.15, 0.2) is 17.8 Å². The number of aromatic nitrogens is 1. The topological polar surface area (TPSA) is 113 Å². The maximum atomic E-state index is 15.3. The average Bonchev–Trinajstić information content (AvgIpc) is 3.35. The molecule has 11 heteroatoms. The Morgan fingerprint density at radius 2 is 2.03 bits per heavy atom. The number of oxazole rings is 1. The van der Waals surface area contributed by atoms with Crippen LogP contribution in [-0.2, 0) is 16.4 Å². The minimum Gasteiger partial charge on any atom is -0.443 e. The summed E-state index contributed by atoms with van der Waals surface area (Å²) in [5.41, 5.74) is 0.00970. The van der Waals surface area contributed by atoms with Crippen LogP contribution in [0.2, 0.25) is 0 Å². The summed E-state index contributed by atoms with van der Waals surface area (Å²) < 4.78 is 62.8. The molecule has 0 radical (unpaired) electrons. The van der Waals surface area contributed by atoms with Gasteiger partial charge in [0.05, 0.1) is 23.1 Å². The SMILES string of the molecule is O=S(=O)(Nc1cc2ocnc2c(F)c1Cc1ccc(I)cc1F)C1(CC(O)CO)CC1. The van der Waals surface area contributed by atoms with E-state index >= 15 is 4.39 Å². The Bertz CT molecular complexity index is 1240. The first-order valence-electron chi connectivity index (χ1n) is 9.45. The van der Waals surface area contributed by atoms with E-state index in [0.29, 0.717) is 16.4 Å². The summed E-state index contributed by atoms with van der Waals surface area (Å²) >= 11 is 1.96. The van der Waals surface area contributed by atoms with E-state index in [9.17, 15) is 17.9 Å². The lowest BCUT2D eigenvalue weighted by atomic mass is 10.0. The molecule has 0 aliphatic heterocycles. The van der Waals surface area contributed by atoms with Gasteiger partial charge in [-0.15, -0.1) is 0 Å². The lowest BCUT2D eigenvalue weighted by Crippen LogP contribution is -2.34. The molecule has 1 fully saturated rings. The highest BCUT2D eigenvalue weighted by Crippen LogP contribution is 2.48. The van der Waals surface area contributed by atoms with Crippen LogP contribution in [0.15, 0.2) is 35.1 Å². The van der Waals surface area contributed by atoms with Gasteiger partial charge in [-0.05, 0) is 59.5 Å². The number of aliphatic hydroxyl groups is 2. The Kier molecular flexibility index (Phi) is 5.96. The molecule has 1 unspecified atom stereocenters. The lowest BCUT2D eigenvalue weighted by molar-refractivity contribution is 0.0858. The highest BCUT2D eigenvalue weighted by molar-refractivity contribution is 14.1. The van der Waals surface area contributed by atoms with Crippen molar-refractivity contribution in [1.29, 1.82) is 0 Å². The maximum Gasteiger partial charge on any atom is 0.238 e. The van der Waals surface area contributed by atoms with Gasteiger partial charge < -0.3 is 14.6 Å². The van der Waals surface area contributed by atoms with Crippen molar-refractivity contribution < 1.29 is 31.8 Å². The molecule has 1 aromatic heterocycles. The van der Waals surface area contributed by atoms with Gasteiger partial charge >= 0.3 is 0 Å². The van der Waals surface area contributed by atoms with Crippen LogP contribution < -0.4 is 4.72 Å². The molecule has 1 saturated carbocycles. The van der Waals surface area contributed by atoms with Gasteiger partial charge in [0.25, 0.3) is 0 Å². The largest absolute Gasteiger partial charge is 0.443 e. The molecule has 3 N–H and O–H groups in total. The number of hydrogen-bond donors (Lipinski definition) is 3. The van der Waals surface area contributed by atoms with Crippen LogP contribution in [0.25, 0.3) is 11.1 Å². The third-order valence-corrected chi connectivity index (χ3v) is 8.37. The number of rotatable bonds is 8. The molecule has 31 heavy (non-hydrogen) atoms. The summed E-state index contributed by atoms with van der Waals surface area (Å²) in [4.78, 5) is 3.83. The number of nitrogens with zero attached hydrogens (tertiary/aromatic N) is 1. The molecule has 1 atom stereocenters. The van der Waals surface area contributed by atoms with Gasteiger partial charge in [0, 0.05) is 21.6 Å². The van der Waals surface area contributed by atoms with Crippen LogP contribution in [0.1, 0.15) is 30.4 Å². The maximum absolute atomic E-state index is 15.3. The fraction of sp³-hybridized carbons (Fsp3) is 0.350. The second-order valence-corrected chi connectivity index (χ2v) is 11.0. The smallest absolute Gasteiger partial charge is 0.238 e. The van der Waals surface area contributed by atoms with Crippen molar-refractivity contribution in [1.82, 2.24) is 4.98 Å². The van der Waals surface area contributed by atoms with E-state index < -0.39 is 39.1 Å². The number of halogens is 3. The van der Waals surface area contributed by atoms with Gasteiger partial charge in [-0.1, -0.05) is 6.07 Å². The quantitative estimate of drug-likeness (QED) is 0.362. The Hall–Kier alpha value is -1.83. The molecule has 2 aromatic carbocycles. The first-order chi connectivity index (χ1) is 14.7. The average molecular weight is 564 g/mol. The fourth-order valence-electron chi connectivity index (χ4n) is 3.59. The van der Waals surface area contributed by atoms with Crippen LogP contribution in [0, 0.1) is 15.2 Å². The van der Waals surface area contributed by atoms with Gasteiger partial charge in [-0.3, -0.25) is 4.72 Å². The van der Waals surface area contributed by atoms with Gasteiger partial charge in [0.2, 0.25) is 10.0 Å². The van der Waals surface area contributed by atoms with Crippen molar-refractivity contribution in [2.75, 3.05) is 11.3 Å². The molecule has 1 aliphatic rings. The predicted octanol–water partition coefficient (Wildman–Crippen LogP) is 3.32. The number of nitrogens with one attached hydrogen (secondary N) is 1. The van der Waals surface area contributed by atoms with E-state index in [2.05, 4.69) is 9.71 Å². The summed E-state index contributed by atoms with van der Waals surface area (Å²) in [5, 5.41) is 18.9. The molecule has 0 spiro atoms. The fourth-order valence-corrected chi connectivity index (χ4v) is 5.78. The minimum absolute atomic E-state index is 0.0438. The Morgan fingerprint density at radius 3 is 2.68 bits per heavy atom. The number of hydrogen-bond acceptors (Lipinski definition) is 6. The number of aliphatic hydroxyl groups excluding tert-OH is 2. The zero-order valence-corrected chi connectivity index (χ0v) is 19.1. The standard InChI is InChI=1S/C20H19F2IN2O5S/c21-15-6-12(23)2-1-11(15)5-14-16(7-17-19(18(14)22)24-10-30-17)25-31(28,29)20(3-4-20)8-13(27)9-26/h1-2,6-7,10,13,25-27H,3-5,8-9H2.